The minimum absolute atomic E-state index is 0.414. The maximum atomic E-state index is 6.26. The van der Waals surface area contributed by atoms with Crippen LogP contribution in [-0.2, 0) is 0 Å². The van der Waals surface area contributed by atoms with Crippen LogP contribution in [0.25, 0.3) is 27.8 Å². The summed E-state index contributed by atoms with van der Waals surface area (Å²) in [5.41, 5.74) is 4.24. The largest absolute Gasteiger partial charge is 0.281 e. The van der Waals surface area contributed by atoms with Crippen molar-refractivity contribution in [3.05, 3.63) is 47.7 Å². The highest BCUT2D eigenvalue weighted by Crippen LogP contribution is 2.27. The first-order chi connectivity index (χ1) is 9.34. The van der Waals surface area contributed by atoms with Crippen LogP contribution < -0.4 is 0 Å². The Balaban J connectivity index is 2.15. The van der Waals surface area contributed by atoms with E-state index in [0.717, 1.165) is 27.8 Å². The first-order valence-corrected chi connectivity index (χ1v) is 6.15. The second-order valence-corrected chi connectivity index (χ2v) is 4.51. The van der Waals surface area contributed by atoms with Crippen LogP contribution in [0.5, 0.6) is 0 Å². The second kappa shape index (κ2) is 3.80. The third-order valence-electron chi connectivity index (χ3n) is 3.09. The van der Waals surface area contributed by atoms with Crippen LogP contribution in [0, 0.1) is 0 Å². The summed E-state index contributed by atoms with van der Waals surface area (Å²) in [5, 5.41) is 11.3. The van der Waals surface area contributed by atoms with E-state index in [-0.39, 0.29) is 0 Å². The van der Waals surface area contributed by atoms with E-state index in [4.69, 9.17) is 11.6 Å². The number of nitrogens with zero attached hydrogens (tertiary/aromatic N) is 4. The van der Waals surface area contributed by atoms with Gasteiger partial charge in [0.1, 0.15) is 11.0 Å². The number of aromatic amines is 1. The molecule has 0 aliphatic heterocycles. The van der Waals surface area contributed by atoms with Gasteiger partial charge in [0.15, 0.2) is 0 Å². The Labute approximate surface area is 112 Å². The van der Waals surface area contributed by atoms with Gasteiger partial charge in [0.2, 0.25) is 5.28 Å². The standard InChI is InChI=1S/C13H8ClN5/c14-13-15-8-4-1-2-6-10(8)19(13)11-7-3-5-9-12(11)17-18-16-9/h1-7H,(H,16,17,18). The van der Waals surface area contributed by atoms with Crippen LogP contribution in [0.1, 0.15) is 0 Å². The molecule has 0 aliphatic carbocycles. The Morgan fingerprint density at radius 3 is 2.74 bits per heavy atom. The van der Waals surface area contributed by atoms with Gasteiger partial charge in [-0.1, -0.05) is 18.2 Å². The summed E-state index contributed by atoms with van der Waals surface area (Å²) in [5.74, 6) is 0. The molecule has 2 aromatic carbocycles. The molecule has 0 amide bonds. The predicted molar refractivity (Wildman–Crippen MR) is 73.5 cm³/mol. The fourth-order valence-corrected chi connectivity index (χ4v) is 2.53. The highest BCUT2D eigenvalue weighted by Gasteiger charge is 2.14. The van der Waals surface area contributed by atoms with Crippen molar-refractivity contribution < 1.29 is 0 Å². The maximum Gasteiger partial charge on any atom is 0.208 e. The summed E-state index contributed by atoms with van der Waals surface area (Å²) in [6.07, 6.45) is 0. The molecule has 0 saturated carbocycles. The van der Waals surface area contributed by atoms with Crippen LogP contribution in [0.3, 0.4) is 0 Å². The number of H-pyrrole nitrogens is 1. The Bertz CT molecular complexity index is 892. The van der Waals surface area contributed by atoms with E-state index in [9.17, 15) is 0 Å². The zero-order valence-electron chi connectivity index (χ0n) is 9.71. The lowest BCUT2D eigenvalue weighted by Crippen LogP contribution is -1.95. The molecule has 4 rings (SSSR count). The average molecular weight is 270 g/mol. The number of para-hydroxylation sites is 3. The quantitative estimate of drug-likeness (QED) is 0.578. The molecule has 0 atom stereocenters. The van der Waals surface area contributed by atoms with Crippen molar-refractivity contribution in [3.63, 3.8) is 0 Å². The highest BCUT2D eigenvalue weighted by molar-refractivity contribution is 6.29. The summed E-state index contributed by atoms with van der Waals surface area (Å²) in [6.45, 7) is 0. The zero-order valence-corrected chi connectivity index (χ0v) is 10.5. The second-order valence-electron chi connectivity index (χ2n) is 4.17. The normalized spacial score (nSPS) is 11.4. The van der Waals surface area contributed by atoms with Gasteiger partial charge in [-0.25, -0.2) is 4.98 Å². The number of hydrogen-bond donors (Lipinski definition) is 1. The number of benzene rings is 2. The number of aromatic nitrogens is 5. The van der Waals surface area contributed by atoms with E-state index in [2.05, 4.69) is 20.4 Å². The van der Waals surface area contributed by atoms with Gasteiger partial charge in [0, 0.05) is 0 Å². The molecule has 4 aromatic rings. The number of fused-ring (bicyclic) bond motifs is 2. The van der Waals surface area contributed by atoms with Gasteiger partial charge in [0.05, 0.1) is 16.7 Å². The van der Waals surface area contributed by atoms with Crippen molar-refractivity contribution in [2.75, 3.05) is 0 Å². The molecule has 2 heterocycles. The smallest absolute Gasteiger partial charge is 0.208 e. The van der Waals surface area contributed by atoms with Crippen molar-refractivity contribution in [2.45, 2.75) is 0 Å². The van der Waals surface area contributed by atoms with Crippen molar-refractivity contribution in [1.82, 2.24) is 25.0 Å². The molecule has 0 bridgehead atoms. The molecule has 6 heteroatoms. The van der Waals surface area contributed by atoms with E-state index >= 15 is 0 Å². The Kier molecular flexibility index (Phi) is 2.10. The lowest BCUT2D eigenvalue weighted by Gasteiger charge is -2.05. The fourth-order valence-electron chi connectivity index (χ4n) is 2.26. The summed E-state index contributed by atoms with van der Waals surface area (Å²) in [7, 11) is 0. The van der Waals surface area contributed by atoms with Gasteiger partial charge in [-0.15, -0.1) is 0 Å². The van der Waals surface area contributed by atoms with Gasteiger partial charge < -0.3 is 0 Å². The molecule has 5 nitrogen and oxygen atoms in total. The first-order valence-electron chi connectivity index (χ1n) is 5.77. The summed E-state index contributed by atoms with van der Waals surface area (Å²) < 4.78 is 1.88. The van der Waals surface area contributed by atoms with E-state index in [1.807, 2.05) is 47.0 Å². The molecule has 0 fully saturated rings. The Morgan fingerprint density at radius 1 is 0.947 bits per heavy atom. The van der Waals surface area contributed by atoms with E-state index in [1.54, 1.807) is 0 Å². The minimum Gasteiger partial charge on any atom is -0.281 e. The Morgan fingerprint density at radius 2 is 1.79 bits per heavy atom. The van der Waals surface area contributed by atoms with Gasteiger partial charge in [-0.2, -0.15) is 15.4 Å². The van der Waals surface area contributed by atoms with Crippen molar-refractivity contribution in [3.8, 4) is 5.69 Å². The van der Waals surface area contributed by atoms with Crippen LogP contribution >= 0.6 is 11.6 Å². The Hall–Kier alpha value is -2.40. The zero-order chi connectivity index (χ0) is 12.8. The molecule has 0 unspecified atom stereocenters. The van der Waals surface area contributed by atoms with Gasteiger partial charge >= 0.3 is 0 Å². The number of imidazole rings is 1. The van der Waals surface area contributed by atoms with Gasteiger partial charge in [-0.3, -0.25) is 4.57 Å². The van der Waals surface area contributed by atoms with E-state index in [1.165, 1.54) is 0 Å². The predicted octanol–water partition coefficient (Wildman–Crippen LogP) is 2.95. The molecule has 0 aliphatic rings. The van der Waals surface area contributed by atoms with Crippen LogP contribution in [-0.4, -0.2) is 25.0 Å². The number of nitrogens with one attached hydrogen (secondary N) is 1. The molecular formula is C13H8ClN5. The molecule has 1 N–H and O–H groups in total. The summed E-state index contributed by atoms with van der Waals surface area (Å²) >= 11 is 6.26. The molecule has 2 aromatic heterocycles. The van der Waals surface area contributed by atoms with Crippen molar-refractivity contribution in [2.24, 2.45) is 0 Å². The van der Waals surface area contributed by atoms with Crippen LogP contribution in [0.4, 0.5) is 0 Å². The monoisotopic (exact) mass is 269 g/mol. The number of halogens is 1. The molecule has 0 spiro atoms. The fraction of sp³-hybridized carbons (Fsp3) is 0. The van der Waals surface area contributed by atoms with Gasteiger partial charge in [0.25, 0.3) is 0 Å². The molecule has 0 radical (unpaired) electrons. The van der Waals surface area contributed by atoms with Crippen molar-refractivity contribution in [1.29, 1.82) is 0 Å². The average Bonchev–Trinajstić information content (AvgIpc) is 3.01. The van der Waals surface area contributed by atoms with E-state index in [0.29, 0.717) is 5.28 Å². The SMILES string of the molecule is Clc1nc2ccccc2n1-c1cccc2n[nH]nc12. The number of hydrogen-bond acceptors (Lipinski definition) is 3. The molecule has 19 heavy (non-hydrogen) atoms. The maximum absolute atomic E-state index is 6.26. The third kappa shape index (κ3) is 1.45. The lowest BCUT2D eigenvalue weighted by atomic mass is 10.2. The molecular weight excluding hydrogens is 262 g/mol. The summed E-state index contributed by atoms with van der Waals surface area (Å²) in [6, 6.07) is 13.6. The number of rotatable bonds is 1. The van der Waals surface area contributed by atoms with E-state index < -0.39 is 0 Å². The van der Waals surface area contributed by atoms with Crippen LogP contribution in [0.15, 0.2) is 42.5 Å². The van der Waals surface area contributed by atoms with Crippen molar-refractivity contribution >= 4 is 33.7 Å². The molecule has 92 valence electrons. The van der Waals surface area contributed by atoms with Crippen LogP contribution in [0.2, 0.25) is 5.28 Å². The first kappa shape index (κ1) is 10.5. The minimum atomic E-state index is 0.414. The summed E-state index contributed by atoms with van der Waals surface area (Å²) in [4.78, 5) is 4.35. The highest BCUT2D eigenvalue weighted by atomic mass is 35.5. The molecule has 0 saturated heterocycles. The lowest BCUT2D eigenvalue weighted by molar-refractivity contribution is 0.956. The third-order valence-corrected chi connectivity index (χ3v) is 3.34. The topological polar surface area (TPSA) is 59.4 Å². The van der Waals surface area contributed by atoms with Gasteiger partial charge in [-0.05, 0) is 35.9 Å².